The number of carbonyl (C=O) groups is 1. The molecule has 1 amide bonds. The van der Waals surface area contributed by atoms with E-state index in [2.05, 4.69) is 39.7 Å². The van der Waals surface area contributed by atoms with Crippen molar-refractivity contribution in [3.8, 4) is 5.82 Å². The highest BCUT2D eigenvalue weighted by Crippen LogP contribution is 2.23. The van der Waals surface area contributed by atoms with Gasteiger partial charge in [-0.3, -0.25) is 14.3 Å². The molecular weight excluding hydrogens is 412 g/mol. The standard InChI is InChI=1S/C26H22N6O/c1-18(19-8-4-2-5-9-19)29-24-15-27-16-25(31-24)32-17-28-22-14-21(12-13-23(22)32)30-26(33)20-10-6-3-7-11-20/h2-18H,1H3,(H,29,31)(H,30,33). The maximum absolute atomic E-state index is 12.4. The highest BCUT2D eigenvalue weighted by molar-refractivity contribution is 6.04. The lowest BCUT2D eigenvalue weighted by atomic mass is 10.1. The Kier molecular flexibility index (Phi) is 5.51. The van der Waals surface area contributed by atoms with Crippen LogP contribution in [0.25, 0.3) is 16.9 Å². The molecule has 0 saturated heterocycles. The minimum atomic E-state index is -0.161. The molecule has 5 rings (SSSR count). The van der Waals surface area contributed by atoms with E-state index in [0.29, 0.717) is 22.9 Å². The smallest absolute Gasteiger partial charge is 0.255 e. The summed E-state index contributed by atoms with van der Waals surface area (Å²) in [5.41, 5.74) is 4.07. The van der Waals surface area contributed by atoms with E-state index < -0.39 is 0 Å². The van der Waals surface area contributed by atoms with Gasteiger partial charge in [0.2, 0.25) is 0 Å². The maximum Gasteiger partial charge on any atom is 0.255 e. The summed E-state index contributed by atoms with van der Waals surface area (Å²) >= 11 is 0. The van der Waals surface area contributed by atoms with E-state index in [1.807, 2.05) is 59.2 Å². The van der Waals surface area contributed by atoms with Crippen LogP contribution in [0, 0.1) is 0 Å². The molecule has 5 aromatic rings. The number of imidazole rings is 1. The monoisotopic (exact) mass is 434 g/mol. The first-order chi connectivity index (χ1) is 16.2. The van der Waals surface area contributed by atoms with E-state index in [1.54, 1.807) is 30.9 Å². The lowest BCUT2D eigenvalue weighted by Crippen LogP contribution is -2.11. The molecule has 33 heavy (non-hydrogen) atoms. The Morgan fingerprint density at radius 3 is 2.48 bits per heavy atom. The fourth-order valence-corrected chi connectivity index (χ4v) is 3.65. The van der Waals surface area contributed by atoms with Crippen molar-refractivity contribution < 1.29 is 4.79 Å². The van der Waals surface area contributed by atoms with Crippen molar-refractivity contribution in [3.05, 3.63) is 109 Å². The van der Waals surface area contributed by atoms with Gasteiger partial charge in [-0.25, -0.2) is 9.97 Å². The molecule has 1 atom stereocenters. The van der Waals surface area contributed by atoms with Gasteiger partial charge >= 0.3 is 0 Å². The van der Waals surface area contributed by atoms with Gasteiger partial charge in [0, 0.05) is 17.3 Å². The summed E-state index contributed by atoms with van der Waals surface area (Å²) in [7, 11) is 0. The van der Waals surface area contributed by atoms with Crippen molar-refractivity contribution >= 4 is 28.4 Å². The third-order valence-electron chi connectivity index (χ3n) is 5.37. The fourth-order valence-electron chi connectivity index (χ4n) is 3.65. The topological polar surface area (TPSA) is 84.7 Å². The molecular formula is C26H22N6O. The van der Waals surface area contributed by atoms with Gasteiger partial charge in [-0.2, -0.15) is 0 Å². The summed E-state index contributed by atoms with van der Waals surface area (Å²) in [5.74, 6) is 1.17. The van der Waals surface area contributed by atoms with Crippen molar-refractivity contribution in [2.75, 3.05) is 10.6 Å². The molecule has 0 fully saturated rings. The molecule has 0 saturated carbocycles. The highest BCUT2D eigenvalue weighted by atomic mass is 16.1. The summed E-state index contributed by atoms with van der Waals surface area (Å²) in [6.07, 6.45) is 5.12. The van der Waals surface area contributed by atoms with Gasteiger partial charge in [-0.05, 0) is 42.8 Å². The van der Waals surface area contributed by atoms with Gasteiger partial charge in [0.1, 0.15) is 12.1 Å². The zero-order chi connectivity index (χ0) is 22.6. The van der Waals surface area contributed by atoms with Gasteiger partial charge in [-0.1, -0.05) is 48.5 Å². The van der Waals surface area contributed by atoms with Gasteiger partial charge in [0.25, 0.3) is 5.91 Å². The largest absolute Gasteiger partial charge is 0.362 e. The number of anilines is 2. The number of hydrogen-bond donors (Lipinski definition) is 2. The van der Waals surface area contributed by atoms with E-state index in [-0.39, 0.29) is 11.9 Å². The highest BCUT2D eigenvalue weighted by Gasteiger charge is 2.11. The maximum atomic E-state index is 12.4. The molecule has 0 bridgehead atoms. The predicted molar refractivity (Wildman–Crippen MR) is 130 cm³/mol. The van der Waals surface area contributed by atoms with Gasteiger partial charge in [0.05, 0.1) is 23.4 Å². The number of carbonyl (C=O) groups excluding carboxylic acids is 1. The van der Waals surface area contributed by atoms with Crippen LogP contribution in [0.15, 0.2) is 97.6 Å². The third-order valence-corrected chi connectivity index (χ3v) is 5.37. The van der Waals surface area contributed by atoms with Crippen molar-refractivity contribution in [1.82, 2.24) is 19.5 Å². The van der Waals surface area contributed by atoms with Crippen LogP contribution in [0.4, 0.5) is 11.5 Å². The number of benzene rings is 3. The Labute approximate surface area is 191 Å². The summed E-state index contributed by atoms with van der Waals surface area (Å²) < 4.78 is 1.88. The number of nitrogens with zero attached hydrogens (tertiary/aromatic N) is 4. The number of nitrogens with one attached hydrogen (secondary N) is 2. The van der Waals surface area contributed by atoms with Crippen molar-refractivity contribution in [3.63, 3.8) is 0 Å². The van der Waals surface area contributed by atoms with Gasteiger partial charge in [-0.15, -0.1) is 0 Å². The third kappa shape index (κ3) is 4.43. The van der Waals surface area contributed by atoms with E-state index >= 15 is 0 Å². The van der Waals surface area contributed by atoms with Crippen LogP contribution in [-0.4, -0.2) is 25.4 Å². The molecule has 1 unspecified atom stereocenters. The second-order valence-corrected chi connectivity index (χ2v) is 7.68. The van der Waals surface area contributed by atoms with Crippen LogP contribution in [0.3, 0.4) is 0 Å². The van der Waals surface area contributed by atoms with Gasteiger partial charge in [0.15, 0.2) is 5.82 Å². The Balaban J connectivity index is 1.37. The summed E-state index contributed by atoms with van der Waals surface area (Å²) in [5, 5.41) is 6.32. The molecule has 7 heteroatoms. The number of fused-ring (bicyclic) bond motifs is 1. The van der Waals surface area contributed by atoms with E-state index in [4.69, 9.17) is 4.98 Å². The number of aromatic nitrogens is 4. The first kappa shape index (κ1) is 20.4. The number of hydrogen-bond acceptors (Lipinski definition) is 5. The van der Waals surface area contributed by atoms with Crippen LogP contribution < -0.4 is 10.6 Å². The van der Waals surface area contributed by atoms with Gasteiger partial charge < -0.3 is 10.6 Å². The molecule has 2 N–H and O–H groups in total. The lowest BCUT2D eigenvalue weighted by molar-refractivity contribution is 0.102. The average molecular weight is 435 g/mol. The second kappa shape index (κ2) is 8.92. The van der Waals surface area contributed by atoms with Crippen LogP contribution in [0.5, 0.6) is 0 Å². The molecule has 0 aliphatic rings. The Morgan fingerprint density at radius 2 is 1.70 bits per heavy atom. The molecule has 0 aliphatic heterocycles. The molecule has 2 heterocycles. The van der Waals surface area contributed by atoms with Crippen LogP contribution in [-0.2, 0) is 0 Å². The van der Waals surface area contributed by atoms with Crippen molar-refractivity contribution in [2.24, 2.45) is 0 Å². The summed E-state index contributed by atoms with van der Waals surface area (Å²) in [6.45, 7) is 2.08. The number of amides is 1. The lowest BCUT2D eigenvalue weighted by Gasteiger charge is -2.15. The second-order valence-electron chi connectivity index (χ2n) is 7.68. The van der Waals surface area contributed by atoms with E-state index in [0.717, 1.165) is 11.0 Å². The average Bonchev–Trinajstić information content (AvgIpc) is 3.28. The fraction of sp³-hybridized carbons (Fsp3) is 0.0769. The molecule has 7 nitrogen and oxygen atoms in total. The molecule has 0 aliphatic carbocycles. The zero-order valence-corrected chi connectivity index (χ0v) is 18.0. The minimum absolute atomic E-state index is 0.0889. The van der Waals surface area contributed by atoms with Crippen LogP contribution in [0.2, 0.25) is 0 Å². The normalized spacial score (nSPS) is 11.8. The van der Waals surface area contributed by atoms with Crippen molar-refractivity contribution in [2.45, 2.75) is 13.0 Å². The van der Waals surface area contributed by atoms with Crippen LogP contribution in [0.1, 0.15) is 28.9 Å². The zero-order valence-electron chi connectivity index (χ0n) is 18.0. The molecule has 0 radical (unpaired) electrons. The summed E-state index contributed by atoms with van der Waals surface area (Å²) in [4.78, 5) is 26.0. The molecule has 0 spiro atoms. The predicted octanol–water partition coefficient (Wildman–Crippen LogP) is 5.24. The SMILES string of the molecule is CC(Nc1cncc(-n2cnc3cc(NC(=O)c4ccccc4)ccc32)n1)c1ccccc1. The molecule has 2 aromatic heterocycles. The quantitative estimate of drug-likeness (QED) is 0.382. The molecule has 3 aromatic carbocycles. The summed E-state index contributed by atoms with van der Waals surface area (Å²) in [6, 6.07) is 25.0. The Bertz CT molecular complexity index is 1400. The van der Waals surface area contributed by atoms with Crippen molar-refractivity contribution in [1.29, 1.82) is 0 Å². The minimum Gasteiger partial charge on any atom is -0.362 e. The Morgan fingerprint density at radius 1 is 0.939 bits per heavy atom. The first-order valence-electron chi connectivity index (χ1n) is 10.6. The van der Waals surface area contributed by atoms with E-state index in [1.165, 1.54) is 5.56 Å². The number of rotatable bonds is 6. The Hall–Kier alpha value is -4.52. The molecule has 162 valence electrons. The van der Waals surface area contributed by atoms with E-state index in [9.17, 15) is 4.79 Å². The van der Waals surface area contributed by atoms with Crippen LogP contribution >= 0.6 is 0 Å². The first-order valence-corrected chi connectivity index (χ1v) is 10.6.